The molecule has 2 N–H and O–H groups in total. The van der Waals surface area contributed by atoms with Gasteiger partial charge < -0.3 is 24.8 Å². The van der Waals surface area contributed by atoms with Gasteiger partial charge in [-0.05, 0) is 24.1 Å². The molecule has 0 aliphatic carbocycles. The molecule has 0 fully saturated rings. The second kappa shape index (κ2) is 9.75. The summed E-state index contributed by atoms with van der Waals surface area (Å²) < 4.78 is 16.0. The maximum atomic E-state index is 11.9. The normalized spacial score (nSPS) is 12.1. The van der Waals surface area contributed by atoms with Gasteiger partial charge in [0.1, 0.15) is 13.2 Å². The standard InChI is InChI=1S/C19H21N3O5S/c1-2-6-21-19-22-14(12-28-19)18(24)27-11-17(23)20-7-5-13-3-4-15-16(10-13)26-9-8-25-15/h2-4,10,12H,1,5-9,11H2,(H,20,23)(H,21,22). The summed E-state index contributed by atoms with van der Waals surface area (Å²) in [5.41, 5.74) is 1.18. The molecule has 0 saturated carbocycles. The van der Waals surface area contributed by atoms with Crippen LogP contribution in [0, 0.1) is 0 Å². The number of nitrogens with one attached hydrogen (secondary N) is 2. The first-order valence-electron chi connectivity index (χ1n) is 8.78. The molecule has 1 aromatic carbocycles. The molecule has 148 valence electrons. The zero-order valence-electron chi connectivity index (χ0n) is 15.2. The molecular weight excluding hydrogens is 382 g/mol. The van der Waals surface area contributed by atoms with E-state index in [1.807, 2.05) is 18.2 Å². The Morgan fingerprint density at radius 1 is 1.29 bits per heavy atom. The van der Waals surface area contributed by atoms with Crippen LogP contribution in [0.3, 0.4) is 0 Å². The highest BCUT2D eigenvalue weighted by Gasteiger charge is 2.14. The Morgan fingerprint density at radius 2 is 2.11 bits per heavy atom. The van der Waals surface area contributed by atoms with Gasteiger partial charge in [-0.1, -0.05) is 12.1 Å². The van der Waals surface area contributed by atoms with Crippen LogP contribution in [0.4, 0.5) is 5.13 Å². The molecule has 3 rings (SSSR count). The average Bonchev–Trinajstić information content (AvgIpc) is 3.19. The first-order valence-corrected chi connectivity index (χ1v) is 9.66. The Balaban J connectivity index is 1.38. The van der Waals surface area contributed by atoms with Crippen molar-refractivity contribution in [3.05, 3.63) is 47.5 Å². The molecule has 1 aliphatic rings. The molecule has 1 aromatic heterocycles. The summed E-state index contributed by atoms with van der Waals surface area (Å²) >= 11 is 1.28. The largest absolute Gasteiger partial charge is 0.486 e. The molecule has 2 heterocycles. The SMILES string of the molecule is C=CCNc1nc(C(=O)OCC(=O)NCCc2ccc3c(c2)OCCO3)cs1. The van der Waals surface area contributed by atoms with Gasteiger partial charge in [0.15, 0.2) is 28.9 Å². The number of amides is 1. The highest BCUT2D eigenvalue weighted by molar-refractivity contribution is 7.13. The fraction of sp³-hybridized carbons (Fsp3) is 0.316. The minimum atomic E-state index is -0.634. The highest BCUT2D eigenvalue weighted by Crippen LogP contribution is 2.30. The third-order valence-electron chi connectivity index (χ3n) is 3.79. The van der Waals surface area contributed by atoms with Crippen molar-refractivity contribution < 1.29 is 23.8 Å². The predicted octanol–water partition coefficient (Wildman–Crippen LogP) is 2.03. The minimum absolute atomic E-state index is 0.167. The van der Waals surface area contributed by atoms with E-state index in [1.165, 1.54) is 11.3 Å². The summed E-state index contributed by atoms with van der Waals surface area (Å²) in [6.07, 6.45) is 2.31. The van der Waals surface area contributed by atoms with Crippen LogP contribution in [0.25, 0.3) is 0 Å². The molecule has 8 nitrogen and oxygen atoms in total. The maximum Gasteiger partial charge on any atom is 0.358 e. The molecule has 2 aromatic rings. The molecule has 28 heavy (non-hydrogen) atoms. The number of fused-ring (bicyclic) bond motifs is 1. The molecule has 0 unspecified atom stereocenters. The topological polar surface area (TPSA) is 98.8 Å². The lowest BCUT2D eigenvalue weighted by Gasteiger charge is -2.18. The number of nitrogens with zero attached hydrogens (tertiary/aromatic N) is 1. The average molecular weight is 403 g/mol. The first kappa shape index (κ1) is 19.7. The van der Waals surface area contributed by atoms with Crippen LogP contribution in [0.15, 0.2) is 36.2 Å². The lowest BCUT2D eigenvalue weighted by molar-refractivity contribution is -0.124. The van der Waals surface area contributed by atoms with Crippen LogP contribution >= 0.6 is 11.3 Å². The summed E-state index contributed by atoms with van der Waals surface area (Å²) in [4.78, 5) is 27.9. The van der Waals surface area contributed by atoms with E-state index in [4.69, 9.17) is 14.2 Å². The Hall–Kier alpha value is -3.07. The van der Waals surface area contributed by atoms with Crippen LogP contribution in [0.5, 0.6) is 11.5 Å². The van der Waals surface area contributed by atoms with Gasteiger partial charge in [0, 0.05) is 18.5 Å². The summed E-state index contributed by atoms with van der Waals surface area (Å²) in [5, 5.41) is 7.87. The van der Waals surface area contributed by atoms with Gasteiger partial charge in [-0.15, -0.1) is 17.9 Å². The van der Waals surface area contributed by atoms with E-state index in [0.717, 1.165) is 11.3 Å². The zero-order chi connectivity index (χ0) is 19.8. The summed E-state index contributed by atoms with van der Waals surface area (Å²) in [5.74, 6) is 0.445. The van der Waals surface area contributed by atoms with Gasteiger partial charge in [-0.25, -0.2) is 9.78 Å². The Labute approximate surface area is 166 Å². The lowest BCUT2D eigenvalue weighted by Crippen LogP contribution is -2.30. The number of carbonyl (C=O) groups excluding carboxylic acids is 2. The molecule has 0 spiro atoms. The van der Waals surface area contributed by atoms with Gasteiger partial charge in [0.05, 0.1) is 0 Å². The number of rotatable bonds is 9. The van der Waals surface area contributed by atoms with Crippen LogP contribution < -0.4 is 20.1 Å². The number of anilines is 1. The smallest absolute Gasteiger partial charge is 0.358 e. The van der Waals surface area contributed by atoms with Crippen LogP contribution in [0.2, 0.25) is 0 Å². The Kier molecular flexibility index (Phi) is 6.85. The molecule has 1 amide bonds. The van der Waals surface area contributed by atoms with Crippen LogP contribution in [-0.2, 0) is 16.0 Å². The van der Waals surface area contributed by atoms with E-state index in [-0.39, 0.29) is 18.2 Å². The molecule has 0 radical (unpaired) electrons. The highest BCUT2D eigenvalue weighted by atomic mass is 32.1. The van der Waals surface area contributed by atoms with Crippen LogP contribution in [-0.4, -0.2) is 49.8 Å². The third kappa shape index (κ3) is 5.46. The molecule has 0 atom stereocenters. The van der Waals surface area contributed by atoms with Gasteiger partial charge in [0.2, 0.25) is 0 Å². The van der Waals surface area contributed by atoms with E-state index < -0.39 is 5.97 Å². The summed E-state index contributed by atoms with van der Waals surface area (Å²) in [6.45, 7) is 5.29. The number of esters is 1. The lowest BCUT2D eigenvalue weighted by atomic mass is 10.1. The fourth-order valence-corrected chi connectivity index (χ4v) is 3.14. The Bertz CT molecular complexity index is 852. The van der Waals surface area contributed by atoms with Crippen molar-refractivity contribution in [1.82, 2.24) is 10.3 Å². The van der Waals surface area contributed by atoms with Crippen molar-refractivity contribution in [3.63, 3.8) is 0 Å². The van der Waals surface area contributed by atoms with Crippen molar-refractivity contribution in [2.45, 2.75) is 6.42 Å². The van der Waals surface area contributed by atoms with Gasteiger partial charge in [-0.3, -0.25) is 4.79 Å². The van der Waals surface area contributed by atoms with E-state index in [1.54, 1.807) is 11.5 Å². The minimum Gasteiger partial charge on any atom is -0.486 e. The van der Waals surface area contributed by atoms with Crippen LogP contribution in [0.1, 0.15) is 16.1 Å². The van der Waals surface area contributed by atoms with Gasteiger partial charge >= 0.3 is 5.97 Å². The molecule has 0 saturated heterocycles. The summed E-state index contributed by atoms with van der Waals surface area (Å²) in [7, 11) is 0. The van der Waals surface area contributed by atoms with Crippen molar-refractivity contribution in [1.29, 1.82) is 0 Å². The number of hydrogen-bond donors (Lipinski definition) is 2. The van der Waals surface area contributed by atoms with E-state index >= 15 is 0 Å². The number of aromatic nitrogens is 1. The molecular formula is C19H21N3O5S. The van der Waals surface area contributed by atoms with Crippen molar-refractivity contribution in [2.75, 3.05) is 38.2 Å². The summed E-state index contributed by atoms with van der Waals surface area (Å²) in [6, 6.07) is 5.69. The second-order valence-corrected chi connectivity index (χ2v) is 6.72. The van der Waals surface area contributed by atoms with Crippen molar-refractivity contribution >= 4 is 28.3 Å². The third-order valence-corrected chi connectivity index (χ3v) is 4.59. The van der Waals surface area contributed by atoms with E-state index in [0.29, 0.717) is 43.6 Å². The van der Waals surface area contributed by atoms with Gasteiger partial charge in [-0.2, -0.15) is 0 Å². The second-order valence-electron chi connectivity index (χ2n) is 5.86. The number of thiazole rings is 1. The van der Waals surface area contributed by atoms with E-state index in [9.17, 15) is 9.59 Å². The first-order chi connectivity index (χ1) is 13.7. The fourth-order valence-electron chi connectivity index (χ4n) is 2.45. The van der Waals surface area contributed by atoms with E-state index in [2.05, 4.69) is 22.2 Å². The Morgan fingerprint density at radius 3 is 2.93 bits per heavy atom. The number of hydrogen-bond acceptors (Lipinski definition) is 8. The number of benzene rings is 1. The zero-order valence-corrected chi connectivity index (χ0v) is 16.0. The number of carbonyl (C=O) groups is 2. The molecule has 9 heteroatoms. The van der Waals surface area contributed by atoms with Crippen molar-refractivity contribution in [2.24, 2.45) is 0 Å². The van der Waals surface area contributed by atoms with Crippen molar-refractivity contribution in [3.8, 4) is 11.5 Å². The number of ether oxygens (including phenoxy) is 3. The predicted molar refractivity (Wildman–Crippen MR) is 105 cm³/mol. The quantitative estimate of drug-likeness (QED) is 0.488. The maximum absolute atomic E-state index is 11.9. The molecule has 1 aliphatic heterocycles. The molecule has 0 bridgehead atoms. The monoisotopic (exact) mass is 403 g/mol. The van der Waals surface area contributed by atoms with Gasteiger partial charge in [0.25, 0.3) is 5.91 Å².